The number of alkyl halides is 3. The lowest BCUT2D eigenvalue weighted by Gasteiger charge is -2.20. The molecular weight excluding hydrogens is 389 g/mol. The fourth-order valence-electron chi connectivity index (χ4n) is 3.66. The third-order valence-corrected chi connectivity index (χ3v) is 5.04. The van der Waals surface area contributed by atoms with Crippen LogP contribution in [0.4, 0.5) is 22.0 Å². The molecule has 150 valence electrons. The van der Waals surface area contributed by atoms with Gasteiger partial charge >= 0.3 is 6.18 Å². The molecule has 0 bridgehead atoms. The zero-order valence-electron chi connectivity index (χ0n) is 15.1. The number of hydrogen-bond donors (Lipinski definition) is 1. The predicted octanol–water partition coefficient (Wildman–Crippen LogP) is 5.07. The van der Waals surface area contributed by atoms with E-state index >= 15 is 0 Å². The number of aromatic nitrogens is 2. The normalized spacial score (nSPS) is 16.9. The summed E-state index contributed by atoms with van der Waals surface area (Å²) in [6.45, 7) is 1.05. The summed E-state index contributed by atoms with van der Waals surface area (Å²) in [6.07, 6.45) is -4.04. The van der Waals surface area contributed by atoms with Crippen LogP contribution in [0.25, 0.3) is 11.3 Å². The monoisotopic (exact) mass is 405 g/mol. The van der Waals surface area contributed by atoms with Gasteiger partial charge in [-0.25, -0.2) is 8.78 Å². The van der Waals surface area contributed by atoms with Gasteiger partial charge in [-0.2, -0.15) is 13.2 Å². The minimum absolute atomic E-state index is 0.0273. The van der Waals surface area contributed by atoms with Crippen molar-refractivity contribution in [2.75, 3.05) is 6.54 Å². The lowest BCUT2D eigenvalue weighted by molar-refractivity contribution is -0.141. The minimum atomic E-state index is -4.56. The number of nitrogens with zero attached hydrogens (tertiary/aromatic N) is 2. The Morgan fingerprint density at radius 2 is 1.69 bits per heavy atom. The molecule has 1 aliphatic rings. The van der Waals surface area contributed by atoms with Gasteiger partial charge in [-0.1, -0.05) is 18.2 Å². The van der Waals surface area contributed by atoms with Gasteiger partial charge in [-0.05, 0) is 54.4 Å². The molecule has 0 spiro atoms. The van der Waals surface area contributed by atoms with E-state index in [9.17, 15) is 22.0 Å². The Hall–Kier alpha value is -2.87. The molecule has 0 saturated heterocycles. The number of nitrogens with one attached hydrogen (secondary N) is 1. The van der Waals surface area contributed by atoms with E-state index in [0.29, 0.717) is 30.8 Å². The first kappa shape index (κ1) is 19.4. The molecule has 29 heavy (non-hydrogen) atoms. The van der Waals surface area contributed by atoms with Gasteiger partial charge in [0.1, 0.15) is 11.6 Å². The van der Waals surface area contributed by atoms with E-state index in [1.54, 1.807) is 18.2 Å². The lowest BCUT2D eigenvalue weighted by atomic mass is 9.85. The Morgan fingerprint density at radius 3 is 2.34 bits per heavy atom. The summed E-state index contributed by atoms with van der Waals surface area (Å²) in [5.41, 5.74) is 1.43. The van der Waals surface area contributed by atoms with Gasteiger partial charge in [0, 0.05) is 23.6 Å². The topological polar surface area (TPSA) is 37.8 Å². The van der Waals surface area contributed by atoms with Crippen molar-refractivity contribution >= 4 is 0 Å². The van der Waals surface area contributed by atoms with Gasteiger partial charge in [-0.15, -0.1) is 10.2 Å². The lowest BCUT2D eigenvalue weighted by Crippen LogP contribution is -2.13. The maximum absolute atomic E-state index is 14.4. The second-order valence-electron chi connectivity index (χ2n) is 6.87. The molecule has 2 aromatic carbocycles. The van der Waals surface area contributed by atoms with Crippen LogP contribution in [0.1, 0.15) is 34.7 Å². The van der Waals surface area contributed by atoms with Gasteiger partial charge in [0.25, 0.3) is 0 Å². The van der Waals surface area contributed by atoms with Crippen molar-refractivity contribution in [3.05, 3.63) is 82.5 Å². The number of fused-ring (bicyclic) bond motifs is 1. The number of rotatable bonds is 2. The van der Waals surface area contributed by atoms with Crippen LogP contribution >= 0.6 is 0 Å². The van der Waals surface area contributed by atoms with Crippen molar-refractivity contribution in [2.24, 2.45) is 0 Å². The van der Waals surface area contributed by atoms with Crippen LogP contribution in [-0.4, -0.2) is 16.7 Å². The number of benzene rings is 2. The van der Waals surface area contributed by atoms with Crippen LogP contribution < -0.4 is 5.32 Å². The SMILES string of the molecule is Fc1cccc(F)c1C1CCNCc2cc(-c3ccc(C(F)(F)F)nn3)ccc21. The fourth-order valence-corrected chi connectivity index (χ4v) is 3.66. The molecule has 8 heteroatoms. The Morgan fingerprint density at radius 1 is 0.931 bits per heavy atom. The highest BCUT2D eigenvalue weighted by Gasteiger charge is 2.33. The second kappa shape index (κ2) is 7.51. The van der Waals surface area contributed by atoms with Gasteiger partial charge in [0.2, 0.25) is 0 Å². The largest absolute Gasteiger partial charge is 0.435 e. The molecule has 3 nitrogen and oxygen atoms in total. The minimum Gasteiger partial charge on any atom is -0.313 e. The van der Waals surface area contributed by atoms with E-state index in [1.165, 1.54) is 24.3 Å². The number of halogens is 5. The maximum Gasteiger partial charge on any atom is 0.435 e. The van der Waals surface area contributed by atoms with Crippen LogP contribution in [0.5, 0.6) is 0 Å². The molecule has 0 fully saturated rings. The first-order chi connectivity index (χ1) is 13.8. The van der Waals surface area contributed by atoms with E-state index in [4.69, 9.17) is 0 Å². The second-order valence-corrected chi connectivity index (χ2v) is 6.87. The van der Waals surface area contributed by atoms with E-state index in [2.05, 4.69) is 15.5 Å². The van der Waals surface area contributed by atoms with Crippen LogP contribution in [-0.2, 0) is 12.7 Å². The Balaban J connectivity index is 1.74. The van der Waals surface area contributed by atoms with Crippen molar-refractivity contribution in [1.82, 2.24) is 15.5 Å². The van der Waals surface area contributed by atoms with Crippen LogP contribution in [0.15, 0.2) is 48.5 Å². The van der Waals surface area contributed by atoms with Crippen molar-refractivity contribution in [3.63, 3.8) is 0 Å². The molecule has 1 aliphatic heterocycles. The molecule has 4 rings (SSSR count). The smallest absolute Gasteiger partial charge is 0.313 e. The summed E-state index contributed by atoms with van der Waals surface area (Å²) in [6, 6.07) is 11.2. The average molecular weight is 405 g/mol. The summed E-state index contributed by atoms with van der Waals surface area (Å²) in [4.78, 5) is 0. The summed E-state index contributed by atoms with van der Waals surface area (Å²) in [5, 5.41) is 10.2. The highest BCUT2D eigenvalue weighted by molar-refractivity contribution is 5.61. The van der Waals surface area contributed by atoms with E-state index in [-0.39, 0.29) is 5.56 Å². The molecular formula is C21H16F5N3. The molecule has 0 amide bonds. The molecule has 2 heterocycles. The fraction of sp³-hybridized carbons (Fsp3) is 0.238. The number of hydrogen-bond acceptors (Lipinski definition) is 3. The summed E-state index contributed by atoms with van der Waals surface area (Å²) in [5.74, 6) is -1.66. The summed E-state index contributed by atoms with van der Waals surface area (Å²) < 4.78 is 66.8. The van der Waals surface area contributed by atoms with Gasteiger partial charge < -0.3 is 5.32 Å². The molecule has 0 aliphatic carbocycles. The molecule has 3 aromatic rings. The van der Waals surface area contributed by atoms with Crippen molar-refractivity contribution < 1.29 is 22.0 Å². The molecule has 1 N–H and O–H groups in total. The Labute approximate surface area is 163 Å². The van der Waals surface area contributed by atoms with Crippen LogP contribution in [0.3, 0.4) is 0 Å². The quantitative estimate of drug-likeness (QED) is 0.606. The highest BCUT2D eigenvalue weighted by Crippen LogP contribution is 2.36. The third-order valence-electron chi connectivity index (χ3n) is 5.04. The maximum atomic E-state index is 14.4. The first-order valence-corrected chi connectivity index (χ1v) is 9.03. The summed E-state index contributed by atoms with van der Waals surface area (Å²) in [7, 11) is 0. The standard InChI is InChI=1S/C21H16F5N3/c22-16-2-1-3-17(23)20(16)15-8-9-27-11-13-10-12(4-5-14(13)15)18-6-7-19(29-28-18)21(24,25)26/h1-7,10,15,27H,8-9,11H2. The highest BCUT2D eigenvalue weighted by atomic mass is 19.4. The molecule has 0 radical (unpaired) electrons. The molecule has 0 saturated carbocycles. The third kappa shape index (κ3) is 3.85. The van der Waals surface area contributed by atoms with Crippen molar-refractivity contribution in [3.8, 4) is 11.3 Å². The van der Waals surface area contributed by atoms with E-state index in [0.717, 1.165) is 17.2 Å². The molecule has 1 atom stereocenters. The zero-order valence-corrected chi connectivity index (χ0v) is 15.1. The van der Waals surface area contributed by atoms with Crippen molar-refractivity contribution in [2.45, 2.75) is 25.1 Å². The van der Waals surface area contributed by atoms with Crippen molar-refractivity contribution in [1.29, 1.82) is 0 Å². The zero-order chi connectivity index (χ0) is 20.6. The Bertz CT molecular complexity index is 1010. The van der Waals surface area contributed by atoms with E-state index in [1.807, 2.05) is 0 Å². The molecule has 1 unspecified atom stereocenters. The average Bonchev–Trinajstić information content (AvgIpc) is 2.89. The van der Waals surface area contributed by atoms with Crippen LogP contribution in [0.2, 0.25) is 0 Å². The van der Waals surface area contributed by atoms with Gasteiger partial charge in [0.15, 0.2) is 5.69 Å². The predicted molar refractivity (Wildman–Crippen MR) is 97.0 cm³/mol. The summed E-state index contributed by atoms with van der Waals surface area (Å²) >= 11 is 0. The first-order valence-electron chi connectivity index (χ1n) is 9.03. The van der Waals surface area contributed by atoms with Gasteiger partial charge in [-0.3, -0.25) is 0 Å². The molecule has 1 aromatic heterocycles. The van der Waals surface area contributed by atoms with Crippen LogP contribution in [0, 0.1) is 11.6 Å². The van der Waals surface area contributed by atoms with E-state index < -0.39 is 29.4 Å². The Kier molecular flexibility index (Phi) is 5.04. The van der Waals surface area contributed by atoms with Gasteiger partial charge in [0.05, 0.1) is 5.69 Å².